The van der Waals surface area contributed by atoms with Crippen LogP contribution >= 0.6 is 11.3 Å². The van der Waals surface area contributed by atoms with Gasteiger partial charge in [-0.2, -0.15) is 0 Å². The molecule has 1 aliphatic rings. The Morgan fingerprint density at radius 2 is 1.81 bits per heavy atom. The molecule has 2 heterocycles. The third kappa shape index (κ3) is 4.62. The summed E-state index contributed by atoms with van der Waals surface area (Å²) in [6.45, 7) is 1.94. The molecule has 5 rings (SSSR count). The Kier molecular flexibility index (Phi) is 5.81. The fourth-order valence-electron chi connectivity index (χ4n) is 4.00. The number of fused-ring (bicyclic) bond motifs is 1. The van der Waals surface area contributed by atoms with Crippen molar-refractivity contribution in [2.24, 2.45) is 0 Å². The predicted octanol–water partition coefficient (Wildman–Crippen LogP) is 6.03. The summed E-state index contributed by atoms with van der Waals surface area (Å²) in [6.07, 6.45) is 8.02. The molecule has 162 valence electrons. The maximum Gasteiger partial charge on any atom is 0.256 e. The molecule has 2 aromatic heterocycles. The molecule has 1 amide bonds. The van der Waals surface area contributed by atoms with Gasteiger partial charge in [-0.15, -0.1) is 10.2 Å². The first-order chi connectivity index (χ1) is 15.6. The molecule has 6 nitrogen and oxygen atoms in total. The van der Waals surface area contributed by atoms with Crippen molar-refractivity contribution in [1.29, 1.82) is 0 Å². The molecule has 0 aliphatic heterocycles. The molecule has 0 unspecified atom stereocenters. The number of rotatable bonds is 5. The second kappa shape index (κ2) is 9.04. The van der Waals surface area contributed by atoms with E-state index in [1.165, 1.54) is 19.3 Å². The van der Waals surface area contributed by atoms with Gasteiger partial charge in [0.1, 0.15) is 21.6 Å². The largest absolute Gasteiger partial charge is 0.490 e. The topological polar surface area (TPSA) is 77.0 Å². The van der Waals surface area contributed by atoms with Crippen LogP contribution in [0.3, 0.4) is 0 Å². The van der Waals surface area contributed by atoms with Crippen molar-refractivity contribution in [3.8, 4) is 16.3 Å². The van der Waals surface area contributed by atoms with Crippen molar-refractivity contribution in [2.75, 3.05) is 5.32 Å². The fourth-order valence-corrected chi connectivity index (χ4v) is 4.69. The molecule has 0 atom stereocenters. The lowest BCUT2D eigenvalue weighted by Crippen LogP contribution is -2.19. The quantitative estimate of drug-likeness (QED) is 0.407. The van der Waals surface area contributed by atoms with Crippen molar-refractivity contribution in [2.45, 2.75) is 45.1 Å². The van der Waals surface area contributed by atoms with E-state index in [1.807, 2.05) is 43.3 Å². The summed E-state index contributed by atoms with van der Waals surface area (Å²) in [7, 11) is 0. The number of hydrogen-bond acceptors (Lipinski definition) is 6. The summed E-state index contributed by atoms with van der Waals surface area (Å²) in [5.74, 6) is 1.13. The summed E-state index contributed by atoms with van der Waals surface area (Å²) in [5.41, 5.74) is 1.57. The molecule has 32 heavy (non-hydrogen) atoms. The number of amides is 1. The number of nitrogens with one attached hydrogen (secondary N) is 1. The van der Waals surface area contributed by atoms with Crippen LogP contribution in [0.1, 0.15) is 47.5 Å². The summed E-state index contributed by atoms with van der Waals surface area (Å²) in [6, 6.07) is 15.3. The highest BCUT2D eigenvalue weighted by atomic mass is 32.1. The van der Waals surface area contributed by atoms with Crippen LogP contribution in [-0.4, -0.2) is 27.2 Å². The van der Waals surface area contributed by atoms with Crippen LogP contribution in [-0.2, 0) is 0 Å². The van der Waals surface area contributed by atoms with Gasteiger partial charge in [-0.3, -0.25) is 4.79 Å². The number of benzene rings is 2. The second-order valence-corrected chi connectivity index (χ2v) is 9.30. The van der Waals surface area contributed by atoms with Crippen LogP contribution in [0, 0.1) is 6.92 Å². The smallest absolute Gasteiger partial charge is 0.256 e. The normalized spacial score (nSPS) is 14.4. The van der Waals surface area contributed by atoms with E-state index in [1.54, 1.807) is 29.7 Å². The molecule has 7 heteroatoms. The van der Waals surface area contributed by atoms with Crippen LogP contribution in [0.15, 0.2) is 54.7 Å². The van der Waals surface area contributed by atoms with E-state index in [4.69, 9.17) is 4.74 Å². The van der Waals surface area contributed by atoms with Gasteiger partial charge >= 0.3 is 0 Å². The number of aryl methyl sites for hydroxylation is 1. The van der Waals surface area contributed by atoms with Crippen LogP contribution in [0.2, 0.25) is 0 Å². The Morgan fingerprint density at radius 3 is 2.56 bits per heavy atom. The number of carbonyl (C=O) groups is 1. The summed E-state index contributed by atoms with van der Waals surface area (Å²) < 4.78 is 6.05. The predicted molar refractivity (Wildman–Crippen MR) is 127 cm³/mol. The Hall–Kier alpha value is -3.32. The minimum atomic E-state index is -0.197. The average molecular weight is 445 g/mol. The lowest BCUT2D eigenvalue weighted by atomic mass is 9.98. The zero-order chi connectivity index (χ0) is 21.9. The zero-order valence-electron chi connectivity index (χ0n) is 17.9. The third-order valence-electron chi connectivity index (χ3n) is 5.71. The van der Waals surface area contributed by atoms with Crippen LogP contribution in [0.4, 0.5) is 5.82 Å². The van der Waals surface area contributed by atoms with Gasteiger partial charge in [-0.05, 0) is 74.4 Å². The van der Waals surface area contributed by atoms with E-state index in [9.17, 15) is 4.79 Å². The Balaban J connectivity index is 1.29. The molecule has 0 saturated heterocycles. The van der Waals surface area contributed by atoms with Crippen LogP contribution in [0.5, 0.6) is 5.75 Å². The molecule has 0 spiro atoms. The molecule has 1 fully saturated rings. The highest BCUT2D eigenvalue weighted by molar-refractivity contribution is 7.14. The lowest BCUT2D eigenvalue weighted by molar-refractivity contribution is 0.102. The van der Waals surface area contributed by atoms with E-state index in [0.717, 1.165) is 44.9 Å². The highest BCUT2D eigenvalue weighted by Gasteiger charge is 2.15. The molecule has 1 saturated carbocycles. The van der Waals surface area contributed by atoms with E-state index < -0.39 is 0 Å². The third-order valence-corrected chi connectivity index (χ3v) is 6.60. The first-order valence-corrected chi connectivity index (χ1v) is 11.7. The molecule has 0 bridgehead atoms. The average Bonchev–Trinajstić information content (AvgIpc) is 3.26. The number of ether oxygens (including phenoxy) is 1. The SMILES string of the molecule is Cc1nnc(-c2ccc3cnc(NC(=O)c4ccc(OC5CCCCC5)cc4)cc3c2)s1. The molecule has 4 aromatic rings. The number of anilines is 1. The van der Waals surface area contributed by atoms with Crippen molar-refractivity contribution in [1.82, 2.24) is 15.2 Å². The standard InChI is InChI=1S/C25H24N4O2S/c1-16-28-29-25(32-16)18-7-8-19-15-26-23(14-20(19)13-18)27-24(30)17-9-11-22(12-10-17)31-21-5-3-2-4-6-21/h7-15,21H,2-6H2,1H3,(H,26,27,30). The number of carbonyl (C=O) groups excluding carboxylic acids is 1. The number of aromatic nitrogens is 3. The maximum atomic E-state index is 12.7. The van der Waals surface area contributed by atoms with Gasteiger partial charge < -0.3 is 10.1 Å². The zero-order valence-corrected chi connectivity index (χ0v) is 18.7. The van der Waals surface area contributed by atoms with Crippen molar-refractivity contribution in [3.05, 3.63) is 65.3 Å². The second-order valence-electron chi connectivity index (χ2n) is 8.11. The lowest BCUT2D eigenvalue weighted by Gasteiger charge is -2.23. The summed E-state index contributed by atoms with van der Waals surface area (Å²) in [4.78, 5) is 17.1. The minimum absolute atomic E-state index is 0.197. The molecular formula is C25H24N4O2S. The Bertz CT molecular complexity index is 1250. The maximum absolute atomic E-state index is 12.7. The number of pyridine rings is 1. The molecule has 2 aromatic carbocycles. The van der Waals surface area contributed by atoms with Gasteiger partial charge in [0.05, 0.1) is 6.10 Å². The van der Waals surface area contributed by atoms with Crippen molar-refractivity contribution >= 4 is 33.8 Å². The first-order valence-electron chi connectivity index (χ1n) is 10.9. The van der Waals surface area contributed by atoms with Gasteiger partial charge in [-0.1, -0.05) is 29.9 Å². The van der Waals surface area contributed by atoms with Gasteiger partial charge in [0, 0.05) is 22.7 Å². The summed E-state index contributed by atoms with van der Waals surface area (Å²) >= 11 is 1.56. The molecular weight excluding hydrogens is 420 g/mol. The first kappa shape index (κ1) is 20.6. The Labute approximate surface area is 190 Å². The number of nitrogens with zero attached hydrogens (tertiary/aromatic N) is 3. The fraction of sp³-hybridized carbons (Fsp3) is 0.280. The van der Waals surface area contributed by atoms with Crippen molar-refractivity contribution in [3.63, 3.8) is 0 Å². The van der Waals surface area contributed by atoms with E-state index >= 15 is 0 Å². The van der Waals surface area contributed by atoms with E-state index in [-0.39, 0.29) is 5.91 Å². The van der Waals surface area contributed by atoms with Crippen molar-refractivity contribution < 1.29 is 9.53 Å². The molecule has 0 radical (unpaired) electrons. The van der Waals surface area contributed by atoms with Gasteiger partial charge in [0.15, 0.2) is 0 Å². The summed E-state index contributed by atoms with van der Waals surface area (Å²) in [5, 5.41) is 15.0. The molecule has 1 N–H and O–H groups in total. The number of hydrogen-bond donors (Lipinski definition) is 1. The van der Waals surface area contributed by atoms with Crippen LogP contribution < -0.4 is 10.1 Å². The van der Waals surface area contributed by atoms with E-state index in [0.29, 0.717) is 17.5 Å². The van der Waals surface area contributed by atoms with Gasteiger partial charge in [0.2, 0.25) is 0 Å². The van der Waals surface area contributed by atoms with Gasteiger partial charge in [-0.25, -0.2) is 4.98 Å². The monoisotopic (exact) mass is 444 g/mol. The molecule has 1 aliphatic carbocycles. The highest BCUT2D eigenvalue weighted by Crippen LogP contribution is 2.28. The van der Waals surface area contributed by atoms with Crippen LogP contribution in [0.25, 0.3) is 21.3 Å². The van der Waals surface area contributed by atoms with E-state index in [2.05, 4.69) is 20.5 Å². The Morgan fingerprint density at radius 1 is 1.00 bits per heavy atom. The minimum Gasteiger partial charge on any atom is -0.490 e. The van der Waals surface area contributed by atoms with Gasteiger partial charge in [0.25, 0.3) is 5.91 Å².